The van der Waals surface area contributed by atoms with Gasteiger partial charge in [-0.3, -0.25) is 4.79 Å². The van der Waals surface area contributed by atoms with Crippen LogP contribution in [0.25, 0.3) is 5.78 Å². The SMILES string of the molecule is Cc1nc2ncnn2c(C)c1CCC(=O)N=c1sccn1Cc1ccccc1F. The molecule has 0 radical (unpaired) electrons. The predicted octanol–water partition coefficient (Wildman–Crippen LogP) is 2.85. The van der Waals surface area contributed by atoms with Gasteiger partial charge >= 0.3 is 0 Å². The van der Waals surface area contributed by atoms with Crippen molar-refractivity contribution in [1.29, 1.82) is 0 Å². The van der Waals surface area contributed by atoms with E-state index in [0.29, 0.717) is 29.1 Å². The summed E-state index contributed by atoms with van der Waals surface area (Å²) in [6.07, 6.45) is 4.03. The lowest BCUT2D eigenvalue weighted by atomic mass is 10.1. The van der Waals surface area contributed by atoms with E-state index in [1.54, 1.807) is 33.5 Å². The second-order valence-electron chi connectivity index (χ2n) is 6.64. The Bertz CT molecular complexity index is 1260. The quantitative estimate of drug-likeness (QED) is 0.507. The summed E-state index contributed by atoms with van der Waals surface area (Å²) in [7, 11) is 0. The number of hydrogen-bond donors (Lipinski definition) is 0. The molecule has 3 aromatic heterocycles. The Kier molecular flexibility index (Phi) is 5.30. The van der Waals surface area contributed by atoms with Crippen molar-refractivity contribution in [2.45, 2.75) is 33.2 Å². The molecule has 0 saturated carbocycles. The Morgan fingerprint density at radius 3 is 2.93 bits per heavy atom. The first kappa shape index (κ1) is 19.1. The first-order valence-electron chi connectivity index (χ1n) is 9.13. The third kappa shape index (κ3) is 4.00. The van der Waals surface area contributed by atoms with Crippen LogP contribution in [0.15, 0.2) is 47.2 Å². The van der Waals surface area contributed by atoms with E-state index in [1.165, 1.54) is 23.7 Å². The minimum atomic E-state index is -0.273. The van der Waals surface area contributed by atoms with Crippen LogP contribution in [0.1, 0.15) is 28.9 Å². The molecule has 3 heterocycles. The summed E-state index contributed by atoms with van der Waals surface area (Å²) in [5.41, 5.74) is 3.28. The third-order valence-electron chi connectivity index (χ3n) is 4.76. The number of rotatable bonds is 5. The zero-order chi connectivity index (χ0) is 20.4. The number of aryl methyl sites for hydroxylation is 2. The second-order valence-corrected chi connectivity index (χ2v) is 7.52. The molecule has 0 aliphatic rings. The molecule has 0 fully saturated rings. The fourth-order valence-corrected chi connectivity index (χ4v) is 3.97. The molecule has 7 nitrogen and oxygen atoms in total. The molecule has 1 amide bonds. The van der Waals surface area contributed by atoms with Crippen molar-refractivity contribution in [2.24, 2.45) is 4.99 Å². The molecule has 0 atom stereocenters. The van der Waals surface area contributed by atoms with Gasteiger partial charge in [-0.25, -0.2) is 13.9 Å². The van der Waals surface area contributed by atoms with Crippen molar-refractivity contribution < 1.29 is 9.18 Å². The minimum Gasteiger partial charge on any atom is -0.319 e. The summed E-state index contributed by atoms with van der Waals surface area (Å²) in [4.78, 5) is 25.8. The number of carbonyl (C=O) groups excluding carboxylic acids is 1. The highest BCUT2D eigenvalue weighted by Crippen LogP contribution is 2.15. The van der Waals surface area contributed by atoms with Crippen LogP contribution in [0.4, 0.5) is 4.39 Å². The lowest BCUT2D eigenvalue weighted by molar-refractivity contribution is -0.118. The van der Waals surface area contributed by atoms with Gasteiger partial charge in [0.25, 0.3) is 5.78 Å². The van der Waals surface area contributed by atoms with Gasteiger partial charge in [0.15, 0.2) is 4.80 Å². The van der Waals surface area contributed by atoms with E-state index < -0.39 is 0 Å². The number of benzene rings is 1. The Morgan fingerprint density at radius 2 is 2.10 bits per heavy atom. The van der Waals surface area contributed by atoms with Gasteiger partial charge in [-0.2, -0.15) is 15.1 Å². The maximum Gasteiger partial charge on any atom is 0.252 e. The molecule has 0 aliphatic carbocycles. The van der Waals surface area contributed by atoms with Crippen LogP contribution in [0.3, 0.4) is 0 Å². The molecule has 9 heteroatoms. The maximum atomic E-state index is 13.9. The van der Waals surface area contributed by atoms with Crippen LogP contribution in [0.2, 0.25) is 0 Å². The average molecular weight is 410 g/mol. The molecule has 4 aromatic rings. The van der Waals surface area contributed by atoms with Crippen LogP contribution in [-0.2, 0) is 17.8 Å². The molecule has 0 N–H and O–H groups in total. The van der Waals surface area contributed by atoms with Crippen molar-refractivity contribution >= 4 is 23.0 Å². The highest BCUT2D eigenvalue weighted by Gasteiger charge is 2.12. The van der Waals surface area contributed by atoms with Gasteiger partial charge in [0.05, 0.1) is 6.54 Å². The second kappa shape index (κ2) is 8.04. The predicted molar refractivity (Wildman–Crippen MR) is 107 cm³/mol. The number of aromatic nitrogens is 5. The number of amides is 1. The third-order valence-corrected chi connectivity index (χ3v) is 5.55. The van der Waals surface area contributed by atoms with Crippen molar-refractivity contribution in [1.82, 2.24) is 24.1 Å². The Labute approximate surface area is 170 Å². The molecular formula is C20H19FN6OS. The van der Waals surface area contributed by atoms with Crippen molar-refractivity contribution in [3.8, 4) is 0 Å². The molecule has 0 saturated heterocycles. The topological polar surface area (TPSA) is 77.4 Å². The lowest BCUT2D eigenvalue weighted by Gasteiger charge is -2.09. The first-order valence-corrected chi connectivity index (χ1v) is 10.0. The van der Waals surface area contributed by atoms with Gasteiger partial charge in [0, 0.05) is 34.9 Å². The van der Waals surface area contributed by atoms with E-state index in [1.807, 2.05) is 19.2 Å². The highest BCUT2D eigenvalue weighted by atomic mass is 32.1. The van der Waals surface area contributed by atoms with Gasteiger partial charge in [0.1, 0.15) is 12.1 Å². The molecule has 0 unspecified atom stereocenters. The van der Waals surface area contributed by atoms with Crippen LogP contribution in [0, 0.1) is 19.7 Å². The normalized spacial score (nSPS) is 12.0. The summed E-state index contributed by atoms with van der Waals surface area (Å²) in [5, 5.41) is 6.01. The molecular weight excluding hydrogens is 391 g/mol. The van der Waals surface area contributed by atoms with E-state index in [9.17, 15) is 9.18 Å². The van der Waals surface area contributed by atoms with Gasteiger partial charge in [-0.1, -0.05) is 18.2 Å². The van der Waals surface area contributed by atoms with Crippen LogP contribution >= 0.6 is 11.3 Å². The molecule has 4 rings (SSSR count). The van der Waals surface area contributed by atoms with E-state index in [-0.39, 0.29) is 18.1 Å². The van der Waals surface area contributed by atoms with Crippen LogP contribution < -0.4 is 4.80 Å². The molecule has 0 bridgehead atoms. The number of fused-ring (bicyclic) bond motifs is 1. The summed E-state index contributed by atoms with van der Waals surface area (Å²) < 4.78 is 17.4. The molecule has 0 spiro atoms. The highest BCUT2D eigenvalue weighted by molar-refractivity contribution is 7.07. The number of hydrogen-bond acceptors (Lipinski definition) is 5. The molecule has 148 valence electrons. The zero-order valence-corrected chi connectivity index (χ0v) is 16.9. The Morgan fingerprint density at radius 1 is 1.28 bits per heavy atom. The summed E-state index contributed by atoms with van der Waals surface area (Å²) in [5.74, 6) is 0.0465. The minimum absolute atomic E-state index is 0.229. The number of thiazole rings is 1. The standard InChI is InChI=1S/C20H19FN6OS/c1-13-16(14(2)27-19(24-13)22-12-23-27)7-8-18(28)25-20-26(9-10-29-20)11-15-5-3-4-6-17(15)21/h3-6,9-10,12H,7-8,11H2,1-2H3. The number of nitrogens with zero attached hydrogens (tertiary/aromatic N) is 6. The molecule has 0 aliphatic heterocycles. The lowest BCUT2D eigenvalue weighted by Crippen LogP contribution is -2.18. The van der Waals surface area contributed by atoms with E-state index in [4.69, 9.17) is 0 Å². The van der Waals surface area contributed by atoms with Gasteiger partial charge < -0.3 is 4.57 Å². The Balaban J connectivity index is 1.52. The fraction of sp³-hybridized carbons (Fsp3) is 0.250. The number of halogens is 1. The van der Waals surface area contributed by atoms with Gasteiger partial charge in [-0.15, -0.1) is 11.3 Å². The zero-order valence-electron chi connectivity index (χ0n) is 16.0. The number of carbonyl (C=O) groups is 1. The molecule has 29 heavy (non-hydrogen) atoms. The van der Waals surface area contributed by atoms with Crippen LogP contribution in [-0.4, -0.2) is 30.1 Å². The largest absolute Gasteiger partial charge is 0.319 e. The monoisotopic (exact) mass is 410 g/mol. The van der Waals surface area contributed by atoms with E-state index >= 15 is 0 Å². The van der Waals surface area contributed by atoms with Crippen molar-refractivity contribution in [2.75, 3.05) is 0 Å². The van der Waals surface area contributed by atoms with Gasteiger partial charge in [-0.05, 0) is 31.9 Å². The van der Waals surface area contributed by atoms with Crippen molar-refractivity contribution in [3.05, 3.63) is 75.3 Å². The van der Waals surface area contributed by atoms with Crippen molar-refractivity contribution in [3.63, 3.8) is 0 Å². The summed E-state index contributed by atoms with van der Waals surface area (Å²) in [6, 6.07) is 6.60. The average Bonchev–Trinajstić information content (AvgIpc) is 3.33. The molecule has 1 aromatic carbocycles. The van der Waals surface area contributed by atoms with Crippen LogP contribution in [0.5, 0.6) is 0 Å². The maximum absolute atomic E-state index is 13.9. The smallest absolute Gasteiger partial charge is 0.252 e. The summed E-state index contributed by atoms with van der Waals surface area (Å²) in [6.45, 7) is 4.17. The van der Waals surface area contributed by atoms with E-state index in [2.05, 4.69) is 20.1 Å². The first-order chi connectivity index (χ1) is 14.0. The fourth-order valence-electron chi connectivity index (χ4n) is 3.23. The summed E-state index contributed by atoms with van der Waals surface area (Å²) >= 11 is 1.35. The Hall–Kier alpha value is -3.20. The van der Waals surface area contributed by atoms with E-state index in [0.717, 1.165) is 17.0 Å². The van der Waals surface area contributed by atoms with Gasteiger partial charge in [0.2, 0.25) is 5.91 Å².